The Hall–Kier alpha value is -2.24. The summed E-state index contributed by atoms with van der Waals surface area (Å²) in [5.74, 6) is 1.57. The zero-order valence-electron chi connectivity index (χ0n) is 19.2. The number of benzene rings is 2. The molecular formula is C27H32ClNO4. The number of ether oxygens (including phenoxy) is 2. The first-order valence-corrected chi connectivity index (χ1v) is 12.4. The van der Waals surface area contributed by atoms with Crippen molar-refractivity contribution >= 4 is 23.3 Å². The Morgan fingerprint density at radius 2 is 2.09 bits per heavy atom. The summed E-state index contributed by atoms with van der Waals surface area (Å²) in [5.41, 5.74) is 4.03. The van der Waals surface area contributed by atoms with Crippen LogP contribution in [0.25, 0.3) is 0 Å². The van der Waals surface area contributed by atoms with Crippen molar-refractivity contribution in [2.45, 2.75) is 43.9 Å². The minimum absolute atomic E-state index is 0.126. The second-order valence-corrected chi connectivity index (χ2v) is 10.3. The summed E-state index contributed by atoms with van der Waals surface area (Å²) in [6.45, 7) is 2.58. The molecule has 0 radical (unpaired) electrons. The molecule has 6 heteroatoms. The normalized spacial score (nSPS) is 26.0. The van der Waals surface area contributed by atoms with E-state index in [9.17, 15) is 9.90 Å². The molecule has 0 unspecified atom stereocenters. The summed E-state index contributed by atoms with van der Waals surface area (Å²) >= 11 is 6.33. The van der Waals surface area contributed by atoms with Gasteiger partial charge in [-0.3, -0.25) is 0 Å². The SMILES string of the molecule is COC(=O)c1ccc2c(c1)N(C[C@@H]1CC[C@H]1CCO)C[C@@]1(CCCc3cc(Cl)ccc31)CO2. The number of hydrogen-bond acceptors (Lipinski definition) is 5. The van der Waals surface area contributed by atoms with Gasteiger partial charge in [0.05, 0.1) is 25.0 Å². The number of aryl methyl sites for hydroxylation is 1. The number of fused-ring (bicyclic) bond motifs is 3. The zero-order chi connectivity index (χ0) is 23.0. The van der Waals surface area contributed by atoms with Crippen molar-refractivity contribution in [3.63, 3.8) is 0 Å². The molecule has 0 saturated heterocycles. The van der Waals surface area contributed by atoms with Gasteiger partial charge in [0.25, 0.3) is 0 Å². The molecule has 0 aromatic heterocycles. The molecule has 3 atom stereocenters. The number of hydrogen-bond donors (Lipinski definition) is 1. The molecule has 3 aliphatic rings. The number of carbonyl (C=O) groups is 1. The van der Waals surface area contributed by atoms with Crippen LogP contribution in [0.4, 0.5) is 5.69 Å². The average molecular weight is 470 g/mol. The second kappa shape index (κ2) is 9.19. The molecule has 33 heavy (non-hydrogen) atoms. The van der Waals surface area contributed by atoms with E-state index in [-0.39, 0.29) is 18.0 Å². The van der Waals surface area contributed by atoms with Gasteiger partial charge in [-0.05, 0) is 91.8 Å². The number of carbonyl (C=O) groups excluding carboxylic acids is 1. The van der Waals surface area contributed by atoms with E-state index in [0.29, 0.717) is 24.0 Å². The topological polar surface area (TPSA) is 59.0 Å². The van der Waals surface area contributed by atoms with Crippen LogP contribution in [-0.2, 0) is 16.6 Å². The average Bonchev–Trinajstić information content (AvgIpc) is 2.97. The lowest BCUT2D eigenvalue weighted by Crippen LogP contribution is -2.48. The zero-order valence-corrected chi connectivity index (χ0v) is 19.9. The summed E-state index contributed by atoms with van der Waals surface area (Å²) in [4.78, 5) is 14.7. The number of methoxy groups -OCH3 is 1. The minimum atomic E-state index is -0.337. The van der Waals surface area contributed by atoms with Crippen molar-refractivity contribution in [3.05, 3.63) is 58.1 Å². The van der Waals surface area contributed by atoms with E-state index in [2.05, 4.69) is 17.0 Å². The van der Waals surface area contributed by atoms with Gasteiger partial charge in [0.15, 0.2) is 0 Å². The van der Waals surface area contributed by atoms with Crippen LogP contribution in [0.5, 0.6) is 5.75 Å². The molecule has 1 spiro atoms. The van der Waals surface area contributed by atoms with Gasteiger partial charge in [-0.25, -0.2) is 4.79 Å². The van der Waals surface area contributed by atoms with Crippen LogP contribution in [0.3, 0.4) is 0 Å². The van der Waals surface area contributed by atoms with Crippen LogP contribution >= 0.6 is 11.6 Å². The van der Waals surface area contributed by atoms with Crippen molar-refractivity contribution in [2.24, 2.45) is 11.8 Å². The van der Waals surface area contributed by atoms with Crippen molar-refractivity contribution in [1.29, 1.82) is 0 Å². The van der Waals surface area contributed by atoms with Gasteiger partial charge < -0.3 is 19.5 Å². The number of nitrogens with zero attached hydrogens (tertiary/aromatic N) is 1. The van der Waals surface area contributed by atoms with Gasteiger partial charge >= 0.3 is 5.97 Å². The highest BCUT2D eigenvalue weighted by Gasteiger charge is 2.43. The maximum Gasteiger partial charge on any atom is 0.337 e. The van der Waals surface area contributed by atoms with Crippen molar-refractivity contribution in [2.75, 3.05) is 38.3 Å². The van der Waals surface area contributed by atoms with E-state index in [0.717, 1.165) is 55.2 Å². The molecule has 1 aliphatic heterocycles. The second-order valence-electron chi connectivity index (χ2n) is 9.89. The number of esters is 1. The molecule has 5 nitrogen and oxygen atoms in total. The Morgan fingerprint density at radius 1 is 1.24 bits per heavy atom. The lowest BCUT2D eigenvalue weighted by molar-refractivity contribution is 0.0600. The quantitative estimate of drug-likeness (QED) is 0.624. The minimum Gasteiger partial charge on any atom is -0.490 e. The van der Waals surface area contributed by atoms with Crippen LogP contribution < -0.4 is 9.64 Å². The molecule has 1 saturated carbocycles. The molecule has 2 aromatic rings. The third-order valence-corrected chi connectivity index (χ3v) is 8.22. The van der Waals surface area contributed by atoms with E-state index in [1.54, 1.807) is 6.07 Å². The third-order valence-electron chi connectivity index (χ3n) is 7.99. The predicted molar refractivity (Wildman–Crippen MR) is 129 cm³/mol. The van der Waals surface area contributed by atoms with E-state index >= 15 is 0 Å². The smallest absolute Gasteiger partial charge is 0.337 e. The van der Waals surface area contributed by atoms with Gasteiger partial charge in [-0.15, -0.1) is 0 Å². The van der Waals surface area contributed by atoms with Crippen LogP contribution in [0, 0.1) is 11.8 Å². The number of rotatable bonds is 5. The number of aliphatic hydroxyl groups is 1. The molecule has 1 fully saturated rings. The fourth-order valence-electron chi connectivity index (χ4n) is 6.07. The maximum atomic E-state index is 12.3. The summed E-state index contributed by atoms with van der Waals surface area (Å²) in [7, 11) is 1.41. The van der Waals surface area contributed by atoms with Gasteiger partial charge in [-0.1, -0.05) is 17.7 Å². The Labute approximate surface area is 200 Å². The first kappa shape index (κ1) is 22.5. The Kier molecular flexibility index (Phi) is 6.28. The lowest BCUT2D eigenvalue weighted by atomic mass is 9.69. The van der Waals surface area contributed by atoms with Crippen molar-refractivity contribution in [1.82, 2.24) is 0 Å². The molecule has 1 heterocycles. The molecular weight excluding hydrogens is 438 g/mol. The van der Waals surface area contributed by atoms with E-state index in [4.69, 9.17) is 21.1 Å². The van der Waals surface area contributed by atoms with Gasteiger partial charge in [0, 0.05) is 30.1 Å². The molecule has 176 valence electrons. The highest BCUT2D eigenvalue weighted by atomic mass is 35.5. The molecule has 5 rings (SSSR count). The standard InChI is InChI=1S/C27H32ClNO4/c1-32-26(31)20-6-9-25-24(14-20)29(15-21-5-4-18(21)10-12-30)16-27(17-33-25)11-2-3-19-13-22(28)7-8-23(19)27/h6-9,13-14,18,21,30H,2-5,10-12,15-17H2,1H3/t18-,21-,27-/m0/s1. The van der Waals surface area contributed by atoms with Gasteiger partial charge in [0.2, 0.25) is 0 Å². The Balaban J connectivity index is 1.54. The number of anilines is 1. The summed E-state index contributed by atoms with van der Waals surface area (Å²) in [6, 6.07) is 11.9. The molecule has 2 aliphatic carbocycles. The van der Waals surface area contributed by atoms with Gasteiger partial charge in [0.1, 0.15) is 5.75 Å². The molecule has 0 bridgehead atoms. The molecule has 1 N–H and O–H groups in total. The number of aliphatic hydroxyl groups excluding tert-OH is 1. The van der Waals surface area contributed by atoms with Gasteiger partial charge in [-0.2, -0.15) is 0 Å². The van der Waals surface area contributed by atoms with Crippen LogP contribution in [0.1, 0.15) is 53.6 Å². The Bertz CT molecular complexity index is 1040. The summed E-state index contributed by atoms with van der Waals surface area (Å²) in [6.07, 6.45) is 6.41. The van der Waals surface area contributed by atoms with Crippen molar-refractivity contribution in [3.8, 4) is 5.75 Å². The fraction of sp³-hybridized carbons (Fsp3) is 0.519. The molecule has 0 amide bonds. The summed E-state index contributed by atoms with van der Waals surface area (Å²) in [5, 5.41) is 10.3. The highest BCUT2D eigenvalue weighted by Crippen LogP contribution is 2.46. The van der Waals surface area contributed by atoms with E-state index in [1.807, 2.05) is 18.2 Å². The van der Waals surface area contributed by atoms with Crippen LogP contribution in [0.2, 0.25) is 5.02 Å². The van der Waals surface area contributed by atoms with Crippen molar-refractivity contribution < 1.29 is 19.4 Å². The number of halogens is 1. The maximum absolute atomic E-state index is 12.3. The largest absolute Gasteiger partial charge is 0.490 e. The summed E-state index contributed by atoms with van der Waals surface area (Å²) < 4.78 is 11.5. The van der Waals surface area contributed by atoms with E-state index in [1.165, 1.54) is 31.1 Å². The predicted octanol–water partition coefficient (Wildman–Crippen LogP) is 5.01. The highest BCUT2D eigenvalue weighted by molar-refractivity contribution is 6.30. The van der Waals surface area contributed by atoms with Crippen LogP contribution in [0.15, 0.2) is 36.4 Å². The molecule has 2 aromatic carbocycles. The van der Waals surface area contributed by atoms with Crippen LogP contribution in [-0.4, -0.2) is 44.5 Å². The third kappa shape index (κ3) is 4.22. The monoisotopic (exact) mass is 469 g/mol. The Morgan fingerprint density at radius 3 is 2.85 bits per heavy atom. The van der Waals surface area contributed by atoms with E-state index < -0.39 is 0 Å². The lowest BCUT2D eigenvalue weighted by Gasteiger charge is -2.44. The fourth-order valence-corrected chi connectivity index (χ4v) is 6.26. The first-order valence-electron chi connectivity index (χ1n) is 12.0. The first-order chi connectivity index (χ1) is 16.0.